The zero-order valence-electron chi connectivity index (χ0n) is 12.9. The molecule has 2 bridgehead atoms. The Balaban J connectivity index is 1.63. The fourth-order valence-electron chi connectivity index (χ4n) is 4.18. The highest BCUT2D eigenvalue weighted by molar-refractivity contribution is 4.95. The van der Waals surface area contributed by atoms with Crippen LogP contribution in [-0.4, -0.2) is 26.8 Å². The third-order valence-corrected chi connectivity index (χ3v) is 5.19. The summed E-state index contributed by atoms with van der Waals surface area (Å²) in [5.74, 6) is 4.31. The summed E-state index contributed by atoms with van der Waals surface area (Å²) in [4.78, 5) is 0. The summed E-state index contributed by atoms with van der Waals surface area (Å²) in [7, 11) is 0. The molecule has 1 heterocycles. The molecular weight excluding hydrogens is 250 g/mol. The SMILES string of the molecule is CC(C)CNCc1nnnn1C(C)C1CC2CCC1C2. The summed E-state index contributed by atoms with van der Waals surface area (Å²) in [6.07, 6.45) is 5.69. The first-order valence-corrected chi connectivity index (χ1v) is 8.12. The molecule has 3 rings (SSSR count). The molecule has 0 spiro atoms. The van der Waals surface area contributed by atoms with Crippen molar-refractivity contribution in [3.63, 3.8) is 0 Å². The molecule has 2 fully saturated rings. The van der Waals surface area contributed by atoms with E-state index in [0.29, 0.717) is 12.0 Å². The predicted molar refractivity (Wildman–Crippen MR) is 78.0 cm³/mol. The van der Waals surface area contributed by atoms with Gasteiger partial charge < -0.3 is 5.32 Å². The average molecular weight is 277 g/mol. The standard InChI is InChI=1S/C15H27N5/c1-10(2)8-16-9-15-17-18-19-20(15)11(3)14-7-12-4-5-13(14)6-12/h10-14,16H,4-9H2,1-3H3. The Morgan fingerprint density at radius 2 is 2.10 bits per heavy atom. The lowest BCUT2D eigenvalue weighted by Crippen LogP contribution is -2.27. The Kier molecular flexibility index (Phi) is 4.06. The first-order chi connectivity index (χ1) is 9.65. The molecule has 0 radical (unpaired) electrons. The number of tetrazole rings is 1. The quantitative estimate of drug-likeness (QED) is 0.867. The molecule has 1 N–H and O–H groups in total. The number of hydrogen-bond acceptors (Lipinski definition) is 4. The van der Waals surface area contributed by atoms with Gasteiger partial charge in [0.05, 0.1) is 12.6 Å². The van der Waals surface area contributed by atoms with Crippen LogP contribution in [0.2, 0.25) is 0 Å². The molecule has 2 aliphatic carbocycles. The Hall–Kier alpha value is -0.970. The van der Waals surface area contributed by atoms with Crippen LogP contribution in [0.1, 0.15) is 58.3 Å². The average Bonchev–Trinajstić information content (AvgIpc) is 3.13. The Morgan fingerprint density at radius 1 is 1.25 bits per heavy atom. The van der Waals surface area contributed by atoms with Crippen molar-refractivity contribution >= 4 is 0 Å². The van der Waals surface area contributed by atoms with E-state index in [9.17, 15) is 0 Å². The van der Waals surface area contributed by atoms with E-state index in [2.05, 4.69) is 46.3 Å². The van der Waals surface area contributed by atoms with Crippen molar-refractivity contribution in [1.29, 1.82) is 0 Å². The highest BCUT2D eigenvalue weighted by atomic mass is 15.6. The van der Waals surface area contributed by atoms with E-state index in [4.69, 9.17) is 0 Å². The molecule has 1 aromatic rings. The van der Waals surface area contributed by atoms with E-state index in [0.717, 1.165) is 36.7 Å². The van der Waals surface area contributed by atoms with Crippen LogP contribution in [0.25, 0.3) is 0 Å². The smallest absolute Gasteiger partial charge is 0.165 e. The van der Waals surface area contributed by atoms with E-state index >= 15 is 0 Å². The third-order valence-electron chi connectivity index (χ3n) is 5.19. The van der Waals surface area contributed by atoms with Crippen LogP contribution in [-0.2, 0) is 6.54 Å². The lowest BCUT2D eigenvalue weighted by molar-refractivity contribution is 0.223. The van der Waals surface area contributed by atoms with E-state index < -0.39 is 0 Å². The minimum atomic E-state index is 0.441. The van der Waals surface area contributed by atoms with Crippen LogP contribution in [0.4, 0.5) is 0 Å². The number of aromatic nitrogens is 4. The Labute approximate surface area is 121 Å². The molecule has 2 saturated carbocycles. The van der Waals surface area contributed by atoms with Crippen LogP contribution >= 0.6 is 0 Å². The van der Waals surface area contributed by atoms with Gasteiger partial charge in [0.2, 0.25) is 0 Å². The molecule has 2 aliphatic rings. The molecule has 4 unspecified atom stereocenters. The normalized spacial score (nSPS) is 30.3. The summed E-state index contributed by atoms with van der Waals surface area (Å²) in [5.41, 5.74) is 0. The highest BCUT2D eigenvalue weighted by Gasteiger charge is 2.42. The summed E-state index contributed by atoms with van der Waals surface area (Å²) in [6.45, 7) is 8.51. The van der Waals surface area contributed by atoms with E-state index in [1.54, 1.807) is 0 Å². The van der Waals surface area contributed by atoms with Crippen molar-refractivity contribution in [3.8, 4) is 0 Å². The summed E-state index contributed by atoms with van der Waals surface area (Å²) in [5, 5.41) is 15.8. The van der Waals surface area contributed by atoms with Crippen molar-refractivity contribution in [2.45, 2.75) is 59.0 Å². The number of nitrogens with zero attached hydrogens (tertiary/aromatic N) is 4. The second-order valence-electron chi connectivity index (χ2n) is 7.14. The van der Waals surface area contributed by atoms with Crippen molar-refractivity contribution in [2.24, 2.45) is 23.7 Å². The first-order valence-electron chi connectivity index (χ1n) is 8.12. The first kappa shape index (κ1) is 14.0. The third kappa shape index (κ3) is 2.73. The topological polar surface area (TPSA) is 55.6 Å². The summed E-state index contributed by atoms with van der Waals surface area (Å²) < 4.78 is 2.07. The monoisotopic (exact) mass is 277 g/mol. The van der Waals surface area contributed by atoms with Gasteiger partial charge in [-0.3, -0.25) is 0 Å². The van der Waals surface area contributed by atoms with Gasteiger partial charge in [-0.1, -0.05) is 20.3 Å². The van der Waals surface area contributed by atoms with Gasteiger partial charge in [0.1, 0.15) is 0 Å². The van der Waals surface area contributed by atoms with Gasteiger partial charge in [-0.25, -0.2) is 4.68 Å². The van der Waals surface area contributed by atoms with Crippen LogP contribution in [0.5, 0.6) is 0 Å². The van der Waals surface area contributed by atoms with Crippen LogP contribution < -0.4 is 5.32 Å². The molecule has 5 nitrogen and oxygen atoms in total. The molecule has 1 aromatic heterocycles. The van der Waals surface area contributed by atoms with Gasteiger partial charge in [0.15, 0.2) is 5.82 Å². The maximum atomic E-state index is 4.26. The number of fused-ring (bicyclic) bond motifs is 2. The maximum absolute atomic E-state index is 4.26. The van der Waals surface area contributed by atoms with Crippen LogP contribution in [0.3, 0.4) is 0 Å². The van der Waals surface area contributed by atoms with Gasteiger partial charge in [-0.2, -0.15) is 0 Å². The molecule has 0 saturated heterocycles. The highest BCUT2D eigenvalue weighted by Crippen LogP contribution is 2.51. The van der Waals surface area contributed by atoms with Crippen molar-refractivity contribution in [1.82, 2.24) is 25.5 Å². The molecule has 4 atom stereocenters. The Bertz CT molecular complexity index is 441. The molecule has 0 aromatic carbocycles. The minimum absolute atomic E-state index is 0.441. The van der Waals surface area contributed by atoms with Gasteiger partial charge in [-0.05, 0) is 66.8 Å². The second-order valence-corrected chi connectivity index (χ2v) is 7.14. The fraction of sp³-hybridized carbons (Fsp3) is 0.933. The molecular formula is C15H27N5. The lowest BCUT2D eigenvalue weighted by atomic mass is 9.84. The summed E-state index contributed by atoms with van der Waals surface area (Å²) in [6, 6.07) is 0.441. The minimum Gasteiger partial charge on any atom is -0.310 e. The van der Waals surface area contributed by atoms with E-state index in [-0.39, 0.29) is 0 Å². The number of rotatable bonds is 6. The van der Waals surface area contributed by atoms with Crippen LogP contribution in [0.15, 0.2) is 0 Å². The lowest BCUT2D eigenvalue weighted by Gasteiger charge is -2.28. The van der Waals surface area contributed by atoms with Crippen LogP contribution in [0, 0.1) is 23.7 Å². The molecule has 20 heavy (non-hydrogen) atoms. The summed E-state index contributed by atoms with van der Waals surface area (Å²) >= 11 is 0. The fourth-order valence-corrected chi connectivity index (χ4v) is 4.18. The predicted octanol–water partition coefficient (Wildman–Crippen LogP) is 2.42. The molecule has 0 aliphatic heterocycles. The number of hydrogen-bond donors (Lipinski definition) is 1. The largest absolute Gasteiger partial charge is 0.310 e. The molecule has 112 valence electrons. The van der Waals surface area contributed by atoms with Crippen molar-refractivity contribution < 1.29 is 0 Å². The van der Waals surface area contributed by atoms with Gasteiger partial charge >= 0.3 is 0 Å². The van der Waals surface area contributed by atoms with Crippen molar-refractivity contribution in [3.05, 3.63) is 5.82 Å². The Morgan fingerprint density at radius 3 is 2.75 bits per heavy atom. The second kappa shape index (κ2) is 5.80. The van der Waals surface area contributed by atoms with Gasteiger partial charge in [-0.15, -0.1) is 5.10 Å². The zero-order valence-corrected chi connectivity index (χ0v) is 12.9. The van der Waals surface area contributed by atoms with E-state index in [1.165, 1.54) is 25.7 Å². The zero-order chi connectivity index (χ0) is 14.1. The maximum Gasteiger partial charge on any atom is 0.165 e. The number of nitrogens with one attached hydrogen (secondary N) is 1. The molecule has 5 heteroatoms. The van der Waals surface area contributed by atoms with Crippen molar-refractivity contribution in [2.75, 3.05) is 6.54 Å². The molecule has 0 amide bonds. The van der Waals surface area contributed by atoms with Gasteiger partial charge in [0, 0.05) is 0 Å². The van der Waals surface area contributed by atoms with E-state index in [1.807, 2.05) is 0 Å². The van der Waals surface area contributed by atoms with Gasteiger partial charge in [0.25, 0.3) is 0 Å².